The lowest BCUT2D eigenvalue weighted by atomic mass is 10.2. The molecule has 3 rings (SSSR count). The van der Waals surface area contributed by atoms with Gasteiger partial charge in [0.15, 0.2) is 4.96 Å². The summed E-state index contributed by atoms with van der Waals surface area (Å²) in [5, 5.41) is 5.55. The number of hydrogen-bond donors (Lipinski definition) is 1. The van der Waals surface area contributed by atoms with Gasteiger partial charge in [-0.25, -0.2) is 4.98 Å². The van der Waals surface area contributed by atoms with E-state index in [-0.39, 0.29) is 5.91 Å². The van der Waals surface area contributed by atoms with Crippen molar-refractivity contribution in [3.8, 4) is 0 Å². The number of rotatable bonds is 3. The van der Waals surface area contributed by atoms with Crippen molar-refractivity contribution >= 4 is 45.4 Å². The van der Waals surface area contributed by atoms with Crippen LogP contribution in [0.2, 0.25) is 10.0 Å². The van der Waals surface area contributed by atoms with Gasteiger partial charge in [0.2, 0.25) is 0 Å². The van der Waals surface area contributed by atoms with Gasteiger partial charge in [-0.05, 0) is 18.2 Å². The maximum absolute atomic E-state index is 12.0. The van der Waals surface area contributed by atoms with Gasteiger partial charge in [-0.2, -0.15) is 0 Å². The van der Waals surface area contributed by atoms with Crippen molar-refractivity contribution in [2.75, 3.05) is 0 Å². The summed E-state index contributed by atoms with van der Waals surface area (Å²) >= 11 is 13.3. The summed E-state index contributed by atoms with van der Waals surface area (Å²) in [6, 6.07) is 4.78. The van der Waals surface area contributed by atoms with Gasteiger partial charge in [0, 0.05) is 23.3 Å². The van der Waals surface area contributed by atoms with Gasteiger partial charge in [-0.15, -0.1) is 11.3 Å². The maximum Gasteiger partial charge on any atom is 0.251 e. The number of nitrogens with zero attached hydrogens (tertiary/aromatic N) is 2. The minimum Gasteiger partial charge on any atom is -0.346 e. The second kappa shape index (κ2) is 5.44. The standard InChI is InChI=1S/C13H9Cl2N3OS/c14-10-2-1-8(5-11(10)15)12(19)16-6-9-7-18-3-4-20-13(18)17-9/h1-5,7H,6H2,(H,16,19). The third-order valence-corrected chi connectivity index (χ3v) is 4.26. The summed E-state index contributed by atoms with van der Waals surface area (Å²) < 4.78 is 1.92. The molecule has 2 aromatic heterocycles. The number of imidazole rings is 1. The highest BCUT2D eigenvalue weighted by Crippen LogP contribution is 2.22. The van der Waals surface area contributed by atoms with Crippen LogP contribution in [0, 0.1) is 0 Å². The third kappa shape index (κ3) is 2.65. The molecule has 0 aliphatic rings. The number of thiazole rings is 1. The van der Waals surface area contributed by atoms with Crippen molar-refractivity contribution in [1.82, 2.24) is 14.7 Å². The Morgan fingerprint density at radius 3 is 2.95 bits per heavy atom. The zero-order valence-corrected chi connectivity index (χ0v) is 12.5. The number of benzene rings is 1. The molecule has 3 aromatic rings. The fraction of sp³-hybridized carbons (Fsp3) is 0.0769. The maximum atomic E-state index is 12.0. The Kier molecular flexibility index (Phi) is 3.65. The number of amides is 1. The van der Waals surface area contributed by atoms with Crippen molar-refractivity contribution < 1.29 is 4.79 Å². The quantitative estimate of drug-likeness (QED) is 0.799. The van der Waals surface area contributed by atoms with E-state index < -0.39 is 0 Å². The zero-order valence-electron chi connectivity index (χ0n) is 10.1. The summed E-state index contributed by atoms with van der Waals surface area (Å²) in [7, 11) is 0. The molecule has 0 spiro atoms. The summed E-state index contributed by atoms with van der Waals surface area (Å²) in [5.74, 6) is -0.208. The summed E-state index contributed by atoms with van der Waals surface area (Å²) in [4.78, 5) is 17.3. The van der Waals surface area contributed by atoms with Crippen molar-refractivity contribution in [1.29, 1.82) is 0 Å². The lowest BCUT2D eigenvalue weighted by Gasteiger charge is -2.04. The van der Waals surface area contributed by atoms with E-state index in [1.807, 2.05) is 22.2 Å². The van der Waals surface area contributed by atoms with Crippen LogP contribution in [0.15, 0.2) is 36.0 Å². The van der Waals surface area contributed by atoms with Gasteiger partial charge in [-0.3, -0.25) is 9.20 Å². The van der Waals surface area contributed by atoms with Crippen LogP contribution in [0.25, 0.3) is 4.96 Å². The van der Waals surface area contributed by atoms with Gasteiger partial charge in [0.1, 0.15) is 0 Å². The fourth-order valence-corrected chi connectivity index (χ4v) is 2.79. The van der Waals surface area contributed by atoms with Gasteiger partial charge in [0.05, 0.1) is 22.3 Å². The summed E-state index contributed by atoms with van der Waals surface area (Å²) in [5.41, 5.74) is 1.28. The van der Waals surface area contributed by atoms with Gasteiger partial charge in [-0.1, -0.05) is 23.2 Å². The molecule has 20 heavy (non-hydrogen) atoms. The second-order valence-electron chi connectivity index (χ2n) is 4.14. The van der Waals surface area contributed by atoms with E-state index >= 15 is 0 Å². The molecule has 4 nitrogen and oxygen atoms in total. The number of fused-ring (bicyclic) bond motifs is 1. The molecule has 0 saturated heterocycles. The molecule has 0 bridgehead atoms. The molecule has 1 N–H and O–H groups in total. The molecule has 0 fully saturated rings. The molecule has 102 valence electrons. The molecule has 0 radical (unpaired) electrons. The first-order valence-corrected chi connectivity index (χ1v) is 7.41. The monoisotopic (exact) mass is 325 g/mol. The normalized spacial score (nSPS) is 10.9. The highest BCUT2D eigenvalue weighted by atomic mass is 35.5. The smallest absolute Gasteiger partial charge is 0.251 e. The average Bonchev–Trinajstić information content (AvgIpc) is 3.00. The molecule has 0 saturated carbocycles. The Morgan fingerprint density at radius 2 is 2.20 bits per heavy atom. The van der Waals surface area contributed by atoms with Gasteiger partial charge < -0.3 is 5.32 Å². The van der Waals surface area contributed by atoms with E-state index in [0.29, 0.717) is 22.2 Å². The van der Waals surface area contributed by atoms with Crippen LogP contribution < -0.4 is 5.32 Å². The molecule has 7 heteroatoms. The Bertz CT molecular complexity index is 752. The highest BCUT2D eigenvalue weighted by molar-refractivity contribution is 7.15. The van der Waals surface area contributed by atoms with Crippen LogP contribution in [0.1, 0.15) is 16.1 Å². The lowest BCUT2D eigenvalue weighted by Crippen LogP contribution is -2.22. The summed E-state index contributed by atoms with van der Waals surface area (Å²) in [6.45, 7) is 0.369. The molecule has 0 atom stereocenters. The van der Waals surface area contributed by atoms with Crippen LogP contribution in [0.4, 0.5) is 0 Å². The highest BCUT2D eigenvalue weighted by Gasteiger charge is 2.09. The molecule has 0 aliphatic heterocycles. The van der Waals surface area contributed by atoms with E-state index in [1.165, 1.54) is 0 Å². The van der Waals surface area contributed by atoms with Gasteiger partial charge >= 0.3 is 0 Å². The Labute approximate surface area is 129 Å². The first-order chi connectivity index (χ1) is 9.63. The Morgan fingerprint density at radius 1 is 1.35 bits per heavy atom. The molecule has 2 heterocycles. The first-order valence-electron chi connectivity index (χ1n) is 5.78. The second-order valence-corrected chi connectivity index (χ2v) is 5.82. The summed E-state index contributed by atoms with van der Waals surface area (Å²) in [6.07, 6.45) is 3.82. The first kappa shape index (κ1) is 13.4. The van der Waals surface area contributed by atoms with Crippen LogP contribution in [-0.4, -0.2) is 15.3 Å². The molecular weight excluding hydrogens is 317 g/mol. The average molecular weight is 326 g/mol. The fourth-order valence-electron chi connectivity index (χ4n) is 1.77. The van der Waals surface area contributed by atoms with Crippen LogP contribution in [-0.2, 0) is 6.54 Å². The lowest BCUT2D eigenvalue weighted by molar-refractivity contribution is 0.0950. The molecular formula is C13H9Cl2N3OS. The Balaban J connectivity index is 1.69. The largest absolute Gasteiger partial charge is 0.346 e. The van der Waals surface area contributed by atoms with Crippen LogP contribution >= 0.6 is 34.5 Å². The number of carbonyl (C=O) groups is 1. The molecule has 0 unspecified atom stereocenters. The minimum absolute atomic E-state index is 0.208. The minimum atomic E-state index is -0.208. The van der Waals surface area contributed by atoms with E-state index in [9.17, 15) is 4.79 Å². The van der Waals surface area contributed by atoms with E-state index in [2.05, 4.69) is 10.3 Å². The van der Waals surface area contributed by atoms with Crippen molar-refractivity contribution in [2.24, 2.45) is 0 Å². The van der Waals surface area contributed by atoms with Crippen molar-refractivity contribution in [3.63, 3.8) is 0 Å². The predicted molar refractivity (Wildman–Crippen MR) is 80.7 cm³/mol. The van der Waals surface area contributed by atoms with E-state index in [1.54, 1.807) is 29.5 Å². The SMILES string of the molecule is O=C(NCc1cn2ccsc2n1)c1ccc(Cl)c(Cl)c1. The molecule has 0 aliphatic carbocycles. The van der Waals surface area contributed by atoms with Crippen LogP contribution in [0.5, 0.6) is 0 Å². The van der Waals surface area contributed by atoms with Gasteiger partial charge in [0.25, 0.3) is 5.91 Å². The Hall–Kier alpha value is -1.56. The molecule has 1 amide bonds. The van der Waals surface area contributed by atoms with Crippen molar-refractivity contribution in [3.05, 3.63) is 57.3 Å². The third-order valence-electron chi connectivity index (χ3n) is 2.76. The van der Waals surface area contributed by atoms with E-state index in [4.69, 9.17) is 23.2 Å². The topological polar surface area (TPSA) is 46.4 Å². The van der Waals surface area contributed by atoms with E-state index in [0.717, 1.165) is 10.7 Å². The number of carbonyl (C=O) groups excluding carboxylic acids is 1. The predicted octanol–water partition coefficient (Wildman–Crippen LogP) is 3.63. The van der Waals surface area contributed by atoms with Crippen molar-refractivity contribution in [2.45, 2.75) is 6.54 Å². The molecule has 1 aromatic carbocycles. The number of halogens is 2. The van der Waals surface area contributed by atoms with Crippen LogP contribution in [0.3, 0.4) is 0 Å². The number of hydrogen-bond acceptors (Lipinski definition) is 3. The number of nitrogens with one attached hydrogen (secondary N) is 1. The number of aromatic nitrogens is 2. The zero-order chi connectivity index (χ0) is 14.1.